The van der Waals surface area contributed by atoms with Gasteiger partial charge in [-0.25, -0.2) is 9.98 Å². The van der Waals surface area contributed by atoms with Gasteiger partial charge in [-0.3, -0.25) is 9.79 Å². The molecule has 1 aliphatic rings. The fourth-order valence-electron chi connectivity index (χ4n) is 4.07. The summed E-state index contributed by atoms with van der Waals surface area (Å²) in [6, 6.07) is 29.0. The highest BCUT2D eigenvalue weighted by Gasteiger charge is 2.24. The topological polar surface area (TPSA) is 66.2 Å². The number of nitrogens with zero attached hydrogens (tertiary/aromatic N) is 3. The van der Waals surface area contributed by atoms with Gasteiger partial charge in [0.05, 0.1) is 6.04 Å². The monoisotopic (exact) mass is 478 g/mol. The van der Waals surface area contributed by atoms with Crippen LogP contribution in [-0.4, -0.2) is 29.5 Å². The zero-order chi connectivity index (χ0) is 25.4. The van der Waals surface area contributed by atoms with E-state index < -0.39 is 0 Å². The van der Waals surface area contributed by atoms with E-state index in [9.17, 15) is 4.79 Å². The Hall–Kier alpha value is -3.86. The Bertz CT molecular complexity index is 1230. The van der Waals surface area contributed by atoms with Crippen molar-refractivity contribution < 1.29 is 4.79 Å². The van der Waals surface area contributed by atoms with Crippen LogP contribution in [0.1, 0.15) is 67.9 Å². The van der Waals surface area contributed by atoms with Gasteiger partial charge in [0.15, 0.2) is 5.84 Å². The van der Waals surface area contributed by atoms with Crippen molar-refractivity contribution in [2.24, 2.45) is 20.4 Å². The molecule has 0 aliphatic heterocycles. The fraction of sp³-hybridized carbons (Fsp3) is 0.290. The van der Waals surface area contributed by atoms with Gasteiger partial charge in [-0.05, 0) is 25.0 Å². The molecule has 3 aromatic rings. The lowest BCUT2D eigenvalue weighted by Gasteiger charge is -2.20. The van der Waals surface area contributed by atoms with Crippen molar-refractivity contribution >= 4 is 23.4 Å². The summed E-state index contributed by atoms with van der Waals surface area (Å²) >= 11 is 0. The molecular weight excluding hydrogens is 444 g/mol. The molecule has 1 amide bonds. The Labute approximate surface area is 214 Å². The molecule has 0 atom stereocenters. The molecule has 36 heavy (non-hydrogen) atoms. The zero-order valence-corrected chi connectivity index (χ0v) is 21.3. The molecule has 184 valence electrons. The second-order valence-corrected chi connectivity index (χ2v) is 10.1. The van der Waals surface area contributed by atoms with Gasteiger partial charge < -0.3 is 5.32 Å². The van der Waals surface area contributed by atoms with E-state index in [0.29, 0.717) is 23.3 Å². The van der Waals surface area contributed by atoms with E-state index in [1.165, 1.54) is 12.8 Å². The SMILES string of the molecule is CC(C)(C)C(N=C(N=C(NC(=O)c1ccccc1)c1ccccc1)c1ccccc1)=NC1CCCC1. The molecule has 0 heterocycles. The van der Waals surface area contributed by atoms with E-state index in [-0.39, 0.29) is 11.3 Å². The maximum absolute atomic E-state index is 13.1. The van der Waals surface area contributed by atoms with Gasteiger partial charge in [-0.2, -0.15) is 0 Å². The molecule has 1 fully saturated rings. The minimum Gasteiger partial charge on any atom is -0.306 e. The molecule has 0 saturated heterocycles. The minimum absolute atomic E-state index is 0.221. The van der Waals surface area contributed by atoms with Crippen LogP contribution in [0.3, 0.4) is 0 Å². The van der Waals surface area contributed by atoms with Crippen LogP contribution in [0, 0.1) is 5.41 Å². The van der Waals surface area contributed by atoms with Crippen LogP contribution in [0.4, 0.5) is 0 Å². The number of hydrogen-bond donors (Lipinski definition) is 1. The number of hydrogen-bond acceptors (Lipinski definition) is 2. The second-order valence-electron chi connectivity index (χ2n) is 10.1. The number of amidine groups is 3. The normalized spacial score (nSPS) is 15.7. The molecule has 3 aromatic carbocycles. The molecular formula is C31H34N4O. The lowest BCUT2D eigenvalue weighted by molar-refractivity contribution is 0.0977. The van der Waals surface area contributed by atoms with Gasteiger partial charge in [-0.1, -0.05) is 112 Å². The van der Waals surface area contributed by atoms with Gasteiger partial charge in [0.2, 0.25) is 0 Å². The Morgan fingerprint density at radius 3 is 1.75 bits per heavy atom. The van der Waals surface area contributed by atoms with Crippen LogP contribution in [0.25, 0.3) is 0 Å². The minimum atomic E-state index is -0.252. The Kier molecular flexibility index (Phi) is 8.21. The molecule has 0 spiro atoms. The predicted octanol–water partition coefficient (Wildman–Crippen LogP) is 6.70. The number of benzene rings is 3. The van der Waals surface area contributed by atoms with Crippen molar-refractivity contribution in [2.75, 3.05) is 0 Å². The quantitative estimate of drug-likeness (QED) is 0.329. The Morgan fingerprint density at radius 1 is 0.722 bits per heavy atom. The average Bonchev–Trinajstić information content (AvgIpc) is 3.41. The Balaban J connectivity index is 1.82. The second kappa shape index (κ2) is 11.7. The summed E-state index contributed by atoms with van der Waals surface area (Å²) in [4.78, 5) is 28.2. The highest BCUT2D eigenvalue weighted by molar-refractivity contribution is 6.19. The number of rotatable bonds is 4. The third-order valence-corrected chi connectivity index (χ3v) is 6.08. The van der Waals surface area contributed by atoms with Crippen LogP contribution < -0.4 is 5.32 Å². The molecule has 1 aliphatic carbocycles. The van der Waals surface area contributed by atoms with Crippen molar-refractivity contribution in [3.8, 4) is 0 Å². The smallest absolute Gasteiger partial charge is 0.256 e. The third kappa shape index (κ3) is 6.85. The van der Waals surface area contributed by atoms with E-state index in [4.69, 9.17) is 15.0 Å². The van der Waals surface area contributed by atoms with Gasteiger partial charge in [0.25, 0.3) is 5.91 Å². The first kappa shape index (κ1) is 25.2. The number of carbonyl (C=O) groups excluding carboxylic acids is 1. The number of aliphatic imine (C=N–C) groups is 3. The van der Waals surface area contributed by atoms with Crippen molar-refractivity contribution in [1.82, 2.24) is 5.32 Å². The largest absolute Gasteiger partial charge is 0.306 e. The molecule has 1 N–H and O–H groups in total. The van der Waals surface area contributed by atoms with Crippen LogP contribution >= 0.6 is 0 Å². The van der Waals surface area contributed by atoms with Crippen LogP contribution in [0.5, 0.6) is 0 Å². The standard InChI is InChI=1S/C31H34N4O/c1-31(2,3)30(32-26-21-13-14-22-26)35-28(24-17-9-5-10-18-24)33-27(23-15-7-4-8-16-23)34-29(36)25-19-11-6-12-20-25/h4-12,15-20,26H,13-14,21-22H2,1-3H3,(H,32,33,34,35,36). The van der Waals surface area contributed by atoms with E-state index in [1.54, 1.807) is 12.1 Å². The molecule has 1 saturated carbocycles. The van der Waals surface area contributed by atoms with Gasteiger partial charge in [0.1, 0.15) is 11.7 Å². The van der Waals surface area contributed by atoms with Gasteiger partial charge in [0, 0.05) is 22.1 Å². The summed E-state index contributed by atoms with van der Waals surface area (Å²) in [6.07, 6.45) is 4.62. The lowest BCUT2D eigenvalue weighted by atomic mass is 9.94. The van der Waals surface area contributed by atoms with Crippen molar-refractivity contribution in [2.45, 2.75) is 52.5 Å². The number of nitrogens with one attached hydrogen (secondary N) is 1. The number of amides is 1. The van der Waals surface area contributed by atoms with Crippen LogP contribution in [0.15, 0.2) is 106 Å². The van der Waals surface area contributed by atoms with Crippen LogP contribution in [0.2, 0.25) is 0 Å². The highest BCUT2D eigenvalue weighted by Crippen LogP contribution is 2.26. The van der Waals surface area contributed by atoms with Crippen molar-refractivity contribution in [3.63, 3.8) is 0 Å². The molecule has 0 radical (unpaired) electrons. The summed E-state index contributed by atoms with van der Waals surface area (Å²) in [5, 5.41) is 3.03. The molecule has 5 nitrogen and oxygen atoms in total. The van der Waals surface area contributed by atoms with E-state index in [2.05, 4.69) is 26.1 Å². The molecule has 0 unspecified atom stereocenters. The van der Waals surface area contributed by atoms with Crippen molar-refractivity contribution in [1.29, 1.82) is 0 Å². The molecule has 4 rings (SSSR count). The molecule has 0 bridgehead atoms. The highest BCUT2D eigenvalue weighted by atomic mass is 16.1. The Morgan fingerprint density at radius 2 is 1.22 bits per heavy atom. The van der Waals surface area contributed by atoms with Crippen molar-refractivity contribution in [3.05, 3.63) is 108 Å². The summed E-state index contributed by atoms with van der Waals surface area (Å²) in [7, 11) is 0. The maximum Gasteiger partial charge on any atom is 0.256 e. The summed E-state index contributed by atoms with van der Waals surface area (Å²) in [5.41, 5.74) is 1.98. The fourth-order valence-corrected chi connectivity index (χ4v) is 4.07. The molecule has 0 aromatic heterocycles. The maximum atomic E-state index is 13.1. The predicted molar refractivity (Wildman–Crippen MR) is 149 cm³/mol. The summed E-state index contributed by atoms with van der Waals surface area (Å²) < 4.78 is 0. The number of carbonyl (C=O) groups is 1. The van der Waals surface area contributed by atoms with E-state index in [0.717, 1.165) is 29.8 Å². The summed E-state index contributed by atoms with van der Waals surface area (Å²) in [6.45, 7) is 6.39. The first-order chi connectivity index (χ1) is 17.4. The first-order valence-electron chi connectivity index (χ1n) is 12.6. The van der Waals surface area contributed by atoms with E-state index in [1.807, 2.05) is 78.9 Å². The van der Waals surface area contributed by atoms with Gasteiger partial charge in [-0.15, -0.1) is 0 Å². The third-order valence-electron chi connectivity index (χ3n) is 6.08. The van der Waals surface area contributed by atoms with Gasteiger partial charge >= 0.3 is 0 Å². The van der Waals surface area contributed by atoms with E-state index >= 15 is 0 Å². The average molecular weight is 479 g/mol. The van der Waals surface area contributed by atoms with Crippen LogP contribution in [-0.2, 0) is 0 Å². The first-order valence-corrected chi connectivity index (χ1v) is 12.6. The lowest BCUT2D eigenvalue weighted by Crippen LogP contribution is -2.32. The molecule has 5 heteroatoms. The summed E-state index contributed by atoms with van der Waals surface area (Å²) in [5.74, 6) is 1.52. The zero-order valence-electron chi connectivity index (χ0n) is 21.3.